The predicted molar refractivity (Wildman–Crippen MR) is 316 cm³/mol. The minimum atomic E-state index is -0.787. The van der Waals surface area contributed by atoms with Gasteiger partial charge >= 0.3 is 17.9 Å². The van der Waals surface area contributed by atoms with Crippen LogP contribution >= 0.6 is 0 Å². The summed E-state index contributed by atoms with van der Waals surface area (Å²) < 4.78 is 16.7. The number of ether oxygens (including phenoxy) is 3. The van der Waals surface area contributed by atoms with E-state index in [0.717, 1.165) is 103 Å². The molecule has 0 heterocycles. The Morgan fingerprint density at radius 1 is 0.288 bits per heavy atom. The van der Waals surface area contributed by atoms with Gasteiger partial charge in [0.25, 0.3) is 0 Å². The number of carbonyl (C=O) groups excluding carboxylic acids is 3. The molecule has 0 aliphatic carbocycles. The van der Waals surface area contributed by atoms with Gasteiger partial charge in [0.1, 0.15) is 13.2 Å². The van der Waals surface area contributed by atoms with Crippen molar-refractivity contribution in [1.82, 2.24) is 0 Å². The minimum absolute atomic E-state index is 0.0853. The Kier molecular flexibility index (Phi) is 59.2. The van der Waals surface area contributed by atoms with Crippen molar-refractivity contribution in [3.63, 3.8) is 0 Å². The normalized spacial score (nSPS) is 12.4. The number of rotatable bonds is 58. The van der Waals surface area contributed by atoms with E-state index < -0.39 is 6.10 Å². The molecule has 0 N–H and O–H groups in total. The summed E-state index contributed by atoms with van der Waals surface area (Å²) in [5, 5.41) is 0. The lowest BCUT2D eigenvalue weighted by atomic mass is 10.0. The number of esters is 3. The summed E-state index contributed by atoms with van der Waals surface area (Å²) in [5.74, 6) is -0.920. The number of carbonyl (C=O) groups is 3. The van der Waals surface area contributed by atoms with Crippen LogP contribution in [0.2, 0.25) is 0 Å². The molecule has 6 heteroatoms. The highest BCUT2D eigenvalue weighted by atomic mass is 16.6. The second-order valence-corrected chi connectivity index (χ2v) is 21.3. The fourth-order valence-corrected chi connectivity index (χ4v) is 9.30. The first-order chi connectivity index (χ1) is 36.0. The van der Waals surface area contributed by atoms with Gasteiger partial charge in [-0.3, -0.25) is 14.4 Å². The van der Waals surface area contributed by atoms with Crippen LogP contribution in [-0.2, 0) is 28.6 Å². The zero-order valence-corrected chi connectivity index (χ0v) is 48.7. The molecule has 0 aromatic carbocycles. The third-order valence-corrected chi connectivity index (χ3v) is 14.0. The molecule has 0 aromatic heterocycles. The quantitative estimate of drug-likeness (QED) is 0.0261. The molecule has 0 spiro atoms. The van der Waals surface area contributed by atoms with Gasteiger partial charge in [0, 0.05) is 19.3 Å². The van der Waals surface area contributed by atoms with Crippen molar-refractivity contribution in [3.05, 3.63) is 60.8 Å². The molecule has 0 aliphatic rings. The Bertz CT molecular complexity index is 1310. The highest BCUT2D eigenvalue weighted by molar-refractivity contribution is 5.71. The van der Waals surface area contributed by atoms with Crippen molar-refractivity contribution >= 4 is 17.9 Å². The average Bonchev–Trinajstić information content (AvgIpc) is 3.39. The zero-order chi connectivity index (χ0) is 52.9. The summed E-state index contributed by atoms with van der Waals surface area (Å²) >= 11 is 0. The SMILES string of the molecule is CC/C=C\C/C=C\C/C=C\C/C=C\C/C=C\CCCCCC(=O)OC(COC(=O)CCCCCCC)COC(=O)CCCCCCCCCCCCCCCCCCCCCCCCCCCCCCCCC. The van der Waals surface area contributed by atoms with Crippen molar-refractivity contribution in [1.29, 1.82) is 0 Å². The maximum atomic E-state index is 12.8. The fourth-order valence-electron chi connectivity index (χ4n) is 9.30. The molecule has 73 heavy (non-hydrogen) atoms. The lowest BCUT2D eigenvalue weighted by Gasteiger charge is -2.18. The van der Waals surface area contributed by atoms with Crippen LogP contribution in [0.1, 0.15) is 329 Å². The molecule has 0 amide bonds. The van der Waals surface area contributed by atoms with Crippen molar-refractivity contribution in [2.45, 2.75) is 335 Å². The smallest absolute Gasteiger partial charge is 0.306 e. The molecular formula is C67H120O6. The van der Waals surface area contributed by atoms with E-state index in [1.807, 2.05) is 0 Å². The molecule has 1 atom stereocenters. The molecule has 0 radical (unpaired) electrons. The van der Waals surface area contributed by atoms with Crippen LogP contribution < -0.4 is 0 Å². The monoisotopic (exact) mass is 1020 g/mol. The van der Waals surface area contributed by atoms with E-state index in [-0.39, 0.29) is 31.1 Å². The van der Waals surface area contributed by atoms with E-state index in [1.54, 1.807) is 0 Å². The summed E-state index contributed by atoms with van der Waals surface area (Å²) in [6.07, 6.45) is 78.7. The Balaban J connectivity index is 3.97. The van der Waals surface area contributed by atoms with Crippen LogP contribution in [0.15, 0.2) is 60.8 Å². The number of hydrogen-bond donors (Lipinski definition) is 0. The first-order valence-electron chi connectivity index (χ1n) is 31.8. The van der Waals surface area contributed by atoms with Gasteiger partial charge in [-0.25, -0.2) is 0 Å². The van der Waals surface area contributed by atoms with Gasteiger partial charge in [-0.15, -0.1) is 0 Å². The third kappa shape index (κ3) is 59.9. The molecule has 1 unspecified atom stereocenters. The van der Waals surface area contributed by atoms with E-state index >= 15 is 0 Å². The molecule has 424 valence electrons. The minimum Gasteiger partial charge on any atom is -0.462 e. The van der Waals surface area contributed by atoms with E-state index in [4.69, 9.17) is 14.2 Å². The van der Waals surface area contributed by atoms with E-state index in [1.165, 1.54) is 186 Å². The van der Waals surface area contributed by atoms with Crippen molar-refractivity contribution in [3.8, 4) is 0 Å². The molecule has 0 saturated carbocycles. The van der Waals surface area contributed by atoms with Crippen LogP contribution in [0.3, 0.4) is 0 Å². The summed E-state index contributed by atoms with van der Waals surface area (Å²) in [4.78, 5) is 37.8. The molecule has 6 nitrogen and oxygen atoms in total. The number of hydrogen-bond acceptors (Lipinski definition) is 6. The van der Waals surface area contributed by atoms with Gasteiger partial charge in [0.2, 0.25) is 0 Å². The molecule has 0 saturated heterocycles. The highest BCUT2D eigenvalue weighted by Gasteiger charge is 2.19. The van der Waals surface area contributed by atoms with Crippen LogP contribution in [0.25, 0.3) is 0 Å². The number of unbranched alkanes of at least 4 members (excludes halogenated alkanes) is 37. The molecule has 0 aliphatic heterocycles. The van der Waals surface area contributed by atoms with Crippen molar-refractivity contribution in [2.75, 3.05) is 13.2 Å². The maximum Gasteiger partial charge on any atom is 0.306 e. The van der Waals surface area contributed by atoms with Gasteiger partial charge in [-0.05, 0) is 64.2 Å². The fraction of sp³-hybridized carbons (Fsp3) is 0.806. The van der Waals surface area contributed by atoms with Gasteiger partial charge in [0.15, 0.2) is 6.10 Å². The van der Waals surface area contributed by atoms with E-state index in [2.05, 4.69) is 81.5 Å². The van der Waals surface area contributed by atoms with E-state index in [0.29, 0.717) is 19.3 Å². The molecule has 0 aromatic rings. The molecular weight excluding hydrogens is 901 g/mol. The van der Waals surface area contributed by atoms with Gasteiger partial charge in [-0.1, -0.05) is 306 Å². The summed E-state index contributed by atoms with van der Waals surface area (Å²) in [5.41, 5.74) is 0. The molecule has 0 bridgehead atoms. The average molecular weight is 1020 g/mol. The molecule has 0 fully saturated rings. The molecule has 0 rings (SSSR count). The Morgan fingerprint density at radius 3 is 0.836 bits per heavy atom. The first kappa shape index (κ1) is 70.1. The second-order valence-electron chi connectivity index (χ2n) is 21.3. The van der Waals surface area contributed by atoms with E-state index in [9.17, 15) is 14.4 Å². The van der Waals surface area contributed by atoms with Crippen molar-refractivity contribution < 1.29 is 28.6 Å². The third-order valence-electron chi connectivity index (χ3n) is 14.0. The maximum absolute atomic E-state index is 12.8. The Morgan fingerprint density at radius 2 is 0.534 bits per heavy atom. The lowest BCUT2D eigenvalue weighted by Crippen LogP contribution is -2.30. The van der Waals surface area contributed by atoms with Gasteiger partial charge in [0.05, 0.1) is 0 Å². The first-order valence-corrected chi connectivity index (χ1v) is 31.8. The second kappa shape index (κ2) is 61.7. The van der Waals surface area contributed by atoms with Crippen LogP contribution in [0.5, 0.6) is 0 Å². The summed E-state index contributed by atoms with van der Waals surface area (Å²) in [6.45, 7) is 6.45. The Labute approximate surface area is 453 Å². The summed E-state index contributed by atoms with van der Waals surface area (Å²) in [7, 11) is 0. The largest absolute Gasteiger partial charge is 0.462 e. The number of allylic oxidation sites excluding steroid dienone is 10. The summed E-state index contributed by atoms with van der Waals surface area (Å²) in [6, 6.07) is 0. The highest BCUT2D eigenvalue weighted by Crippen LogP contribution is 2.18. The van der Waals surface area contributed by atoms with Crippen molar-refractivity contribution in [2.24, 2.45) is 0 Å². The van der Waals surface area contributed by atoms with Gasteiger partial charge in [-0.2, -0.15) is 0 Å². The van der Waals surface area contributed by atoms with Gasteiger partial charge < -0.3 is 14.2 Å². The predicted octanol–water partition coefficient (Wildman–Crippen LogP) is 21.6. The zero-order valence-electron chi connectivity index (χ0n) is 48.7. The van der Waals surface area contributed by atoms with Crippen LogP contribution in [0, 0.1) is 0 Å². The Hall–Kier alpha value is -2.89. The van der Waals surface area contributed by atoms with Crippen LogP contribution in [-0.4, -0.2) is 37.2 Å². The topological polar surface area (TPSA) is 78.9 Å². The lowest BCUT2D eigenvalue weighted by molar-refractivity contribution is -0.167. The standard InChI is InChI=1S/C67H120O6/c1-4-7-10-13-15-17-19-21-23-25-27-28-29-30-31-32-33-34-35-36-37-38-40-41-43-45-47-49-51-54-57-60-66(69)72-63-64(62-71-65(68)59-56-53-12-9-6-3)73-67(70)61-58-55-52-50-48-46-44-42-39-26-24-22-20-18-16-14-11-8-5-2/h8,11,16,18,22,24,39,42,46,48,64H,4-7,9-10,12-15,17,19-21,23,25-38,40-41,43-45,47,49-63H2,1-3H3/b11-8-,18-16-,24-22-,42-39-,48-46-. The van der Waals surface area contributed by atoms with Crippen LogP contribution in [0.4, 0.5) is 0 Å².